The minimum absolute atomic E-state index is 0.0519. The molecule has 2 aromatic rings. The Morgan fingerprint density at radius 2 is 1.78 bits per heavy atom. The van der Waals surface area contributed by atoms with Crippen LogP contribution in [0.1, 0.15) is 17.3 Å². The summed E-state index contributed by atoms with van der Waals surface area (Å²) in [6, 6.07) is 14.9. The minimum atomic E-state index is 0.0519. The number of Topliss-reactive ketones (excluding diaryl/α,β-unsaturated/α-hetero) is 1. The molecule has 2 rings (SSSR count). The Hall–Kier alpha value is -2.42. The predicted octanol–water partition coefficient (Wildman–Crippen LogP) is 3.12. The summed E-state index contributed by atoms with van der Waals surface area (Å²) in [5, 5.41) is 2.58. The fourth-order valence-corrected chi connectivity index (χ4v) is 1.74. The van der Waals surface area contributed by atoms with E-state index < -0.39 is 0 Å². The molecule has 0 fully saturated rings. The molecule has 0 aromatic heterocycles. The molecule has 1 amide bonds. The van der Waals surface area contributed by atoms with E-state index in [0.29, 0.717) is 12.0 Å². The Balaban J connectivity index is 2.33. The lowest BCUT2D eigenvalue weighted by molar-refractivity contribution is -0.105. The molecule has 2 aromatic carbocycles. The molecular weight excluding hydrogens is 226 g/mol. The van der Waals surface area contributed by atoms with Crippen molar-refractivity contribution in [3.63, 3.8) is 0 Å². The predicted molar refractivity (Wildman–Crippen MR) is 71.6 cm³/mol. The van der Waals surface area contributed by atoms with Gasteiger partial charge in [0.15, 0.2) is 5.78 Å². The van der Waals surface area contributed by atoms with Crippen molar-refractivity contribution in [3.05, 3.63) is 54.1 Å². The molecule has 3 heteroatoms. The quantitative estimate of drug-likeness (QED) is 0.658. The topological polar surface area (TPSA) is 46.2 Å². The molecule has 0 heterocycles. The van der Waals surface area contributed by atoms with E-state index in [1.54, 1.807) is 13.0 Å². The largest absolute Gasteiger partial charge is 0.329 e. The average Bonchev–Trinajstić information content (AvgIpc) is 2.40. The van der Waals surface area contributed by atoms with Crippen LogP contribution in [0.5, 0.6) is 0 Å². The van der Waals surface area contributed by atoms with E-state index in [1.165, 1.54) is 0 Å². The van der Waals surface area contributed by atoms with E-state index in [4.69, 9.17) is 0 Å². The lowest BCUT2D eigenvalue weighted by atomic mass is 10.0. The zero-order valence-electron chi connectivity index (χ0n) is 10.0. The van der Waals surface area contributed by atoms with Crippen LogP contribution in [-0.2, 0) is 4.79 Å². The lowest BCUT2D eigenvalue weighted by Crippen LogP contribution is -1.93. The fourth-order valence-electron chi connectivity index (χ4n) is 1.74. The van der Waals surface area contributed by atoms with Crippen molar-refractivity contribution in [2.45, 2.75) is 6.92 Å². The summed E-state index contributed by atoms with van der Waals surface area (Å²) < 4.78 is 0. The van der Waals surface area contributed by atoms with Gasteiger partial charge in [0.1, 0.15) is 0 Å². The van der Waals surface area contributed by atoms with Gasteiger partial charge in [-0.05, 0) is 36.2 Å². The highest BCUT2D eigenvalue weighted by Crippen LogP contribution is 2.22. The van der Waals surface area contributed by atoms with Gasteiger partial charge in [-0.2, -0.15) is 0 Å². The number of anilines is 1. The number of rotatable bonds is 4. The molecule has 0 bridgehead atoms. The molecule has 0 unspecified atom stereocenters. The third-order valence-corrected chi connectivity index (χ3v) is 2.71. The van der Waals surface area contributed by atoms with Crippen LogP contribution < -0.4 is 5.32 Å². The lowest BCUT2D eigenvalue weighted by Gasteiger charge is -2.05. The molecule has 1 N–H and O–H groups in total. The van der Waals surface area contributed by atoms with Crippen molar-refractivity contribution in [1.82, 2.24) is 0 Å². The van der Waals surface area contributed by atoms with E-state index in [1.807, 2.05) is 42.5 Å². The fraction of sp³-hybridized carbons (Fsp3) is 0.0667. The molecule has 18 heavy (non-hydrogen) atoms. The molecule has 0 atom stereocenters. The zero-order chi connectivity index (χ0) is 13.0. The second kappa shape index (κ2) is 5.27. The van der Waals surface area contributed by atoms with Crippen LogP contribution in [0.25, 0.3) is 11.1 Å². The average molecular weight is 239 g/mol. The highest BCUT2D eigenvalue weighted by Gasteiger charge is 2.02. The third-order valence-electron chi connectivity index (χ3n) is 2.71. The van der Waals surface area contributed by atoms with Gasteiger partial charge in [-0.1, -0.05) is 30.3 Å². The van der Waals surface area contributed by atoms with E-state index in [9.17, 15) is 9.59 Å². The summed E-state index contributed by atoms with van der Waals surface area (Å²) in [4.78, 5) is 21.6. The first-order valence-electron chi connectivity index (χ1n) is 5.62. The maximum Gasteiger partial charge on any atom is 0.211 e. The number of hydrogen-bond acceptors (Lipinski definition) is 2. The van der Waals surface area contributed by atoms with Crippen LogP contribution in [0.2, 0.25) is 0 Å². The van der Waals surface area contributed by atoms with Crippen molar-refractivity contribution in [3.8, 4) is 11.1 Å². The summed E-state index contributed by atoms with van der Waals surface area (Å²) in [5.41, 5.74) is 3.44. The Labute approximate surface area is 105 Å². The van der Waals surface area contributed by atoms with Gasteiger partial charge in [0, 0.05) is 11.3 Å². The molecule has 3 nitrogen and oxygen atoms in total. The second-order valence-corrected chi connectivity index (χ2v) is 3.98. The molecule has 0 radical (unpaired) electrons. The molecule has 90 valence electrons. The summed E-state index contributed by atoms with van der Waals surface area (Å²) in [6.07, 6.45) is 0.644. The van der Waals surface area contributed by atoms with Crippen LogP contribution in [0.3, 0.4) is 0 Å². The van der Waals surface area contributed by atoms with Gasteiger partial charge in [0.25, 0.3) is 0 Å². The first-order valence-corrected chi connectivity index (χ1v) is 5.62. The Morgan fingerprint density at radius 1 is 1.06 bits per heavy atom. The Kier molecular flexibility index (Phi) is 3.53. The van der Waals surface area contributed by atoms with Crippen molar-refractivity contribution < 1.29 is 9.59 Å². The first-order chi connectivity index (χ1) is 8.70. The number of carbonyl (C=O) groups is 2. The van der Waals surface area contributed by atoms with Gasteiger partial charge in [-0.15, -0.1) is 0 Å². The van der Waals surface area contributed by atoms with E-state index >= 15 is 0 Å². The normalized spacial score (nSPS) is 9.83. The number of amides is 1. The monoisotopic (exact) mass is 239 g/mol. The number of benzene rings is 2. The van der Waals surface area contributed by atoms with Gasteiger partial charge >= 0.3 is 0 Å². The molecule has 0 spiro atoms. The van der Waals surface area contributed by atoms with Crippen molar-refractivity contribution in [2.24, 2.45) is 0 Å². The second-order valence-electron chi connectivity index (χ2n) is 3.98. The Bertz CT molecular complexity index is 573. The number of carbonyl (C=O) groups excluding carboxylic acids is 2. The number of hydrogen-bond donors (Lipinski definition) is 1. The van der Waals surface area contributed by atoms with E-state index in [2.05, 4.69) is 5.32 Å². The van der Waals surface area contributed by atoms with Gasteiger partial charge in [-0.3, -0.25) is 9.59 Å². The Morgan fingerprint density at radius 3 is 2.39 bits per heavy atom. The maximum absolute atomic E-state index is 11.3. The van der Waals surface area contributed by atoms with Gasteiger partial charge in [-0.25, -0.2) is 0 Å². The third kappa shape index (κ3) is 2.63. The van der Waals surface area contributed by atoms with Crippen LogP contribution >= 0.6 is 0 Å². The molecule has 0 aliphatic heterocycles. The summed E-state index contributed by atoms with van der Waals surface area (Å²) in [6.45, 7) is 1.55. The van der Waals surface area contributed by atoms with Crippen molar-refractivity contribution in [2.75, 3.05) is 5.32 Å². The first kappa shape index (κ1) is 12.0. The maximum atomic E-state index is 11.3. The molecule has 0 saturated heterocycles. The molecule has 0 aliphatic rings. The molecular formula is C15H13NO2. The highest BCUT2D eigenvalue weighted by molar-refractivity contribution is 5.95. The minimum Gasteiger partial charge on any atom is -0.329 e. The zero-order valence-corrected chi connectivity index (χ0v) is 10.0. The van der Waals surface area contributed by atoms with Crippen LogP contribution in [0.15, 0.2) is 48.5 Å². The summed E-state index contributed by atoms with van der Waals surface area (Å²) in [5.74, 6) is 0.0519. The van der Waals surface area contributed by atoms with Gasteiger partial charge in [0.2, 0.25) is 6.41 Å². The number of ketones is 1. The van der Waals surface area contributed by atoms with E-state index in [-0.39, 0.29) is 5.78 Å². The summed E-state index contributed by atoms with van der Waals surface area (Å²) >= 11 is 0. The van der Waals surface area contributed by atoms with Crippen molar-refractivity contribution in [1.29, 1.82) is 0 Å². The van der Waals surface area contributed by atoms with Crippen LogP contribution in [0.4, 0.5) is 5.69 Å². The smallest absolute Gasteiger partial charge is 0.211 e. The molecule has 0 saturated carbocycles. The highest BCUT2D eigenvalue weighted by atomic mass is 16.1. The standard InChI is InChI=1S/C15H13NO2/c1-11(18)13-3-2-4-14(9-13)12-5-7-15(8-6-12)16-10-17/h2-10H,1H3,(H,16,17). The van der Waals surface area contributed by atoms with Crippen LogP contribution in [0, 0.1) is 0 Å². The summed E-state index contributed by atoms with van der Waals surface area (Å²) in [7, 11) is 0. The van der Waals surface area contributed by atoms with Crippen LogP contribution in [-0.4, -0.2) is 12.2 Å². The molecule has 0 aliphatic carbocycles. The van der Waals surface area contributed by atoms with Gasteiger partial charge in [0.05, 0.1) is 0 Å². The number of nitrogens with one attached hydrogen (secondary N) is 1. The SMILES string of the molecule is CC(=O)c1cccc(-c2ccc(NC=O)cc2)c1. The van der Waals surface area contributed by atoms with Crippen molar-refractivity contribution >= 4 is 17.9 Å². The van der Waals surface area contributed by atoms with E-state index in [0.717, 1.165) is 16.8 Å². The van der Waals surface area contributed by atoms with Gasteiger partial charge < -0.3 is 5.32 Å².